The lowest BCUT2D eigenvalue weighted by Crippen LogP contribution is -2.14. The number of carbonyl (C=O) groups excluding carboxylic acids is 1. The maximum Gasteiger partial charge on any atom is 0.255 e. The van der Waals surface area contributed by atoms with Crippen LogP contribution in [-0.4, -0.2) is 30.6 Å². The van der Waals surface area contributed by atoms with Crippen molar-refractivity contribution in [2.24, 2.45) is 0 Å². The van der Waals surface area contributed by atoms with Gasteiger partial charge in [0.15, 0.2) is 5.65 Å². The fourth-order valence-electron chi connectivity index (χ4n) is 4.82. The summed E-state index contributed by atoms with van der Waals surface area (Å²) in [5.41, 5.74) is 7.70. The van der Waals surface area contributed by atoms with Crippen molar-refractivity contribution in [2.45, 2.75) is 39.2 Å². The van der Waals surface area contributed by atoms with Gasteiger partial charge in [0, 0.05) is 40.5 Å². The molecule has 1 saturated carbocycles. The summed E-state index contributed by atoms with van der Waals surface area (Å²) in [7, 11) is 0. The number of carbonyl (C=O) groups is 1. The summed E-state index contributed by atoms with van der Waals surface area (Å²) in [5.74, 6) is 1.12. The standard InChI is InChI=1S/C30H28N6O2/c1-18-14-19(2)32-28(15-18)33-27-16-26(35-36-13-12-31-29(27)36)23-4-3-5-25(24(23)17-37)34-30(38)22-10-8-21(9-11-22)20-6-7-20/h3-5,8-16,20,37H,6-7,17H2,1-2H3,(H,32,33)(H,34,38). The molecule has 3 aromatic heterocycles. The summed E-state index contributed by atoms with van der Waals surface area (Å²) in [6.07, 6.45) is 5.89. The van der Waals surface area contributed by atoms with Gasteiger partial charge in [0.2, 0.25) is 0 Å². The van der Waals surface area contributed by atoms with E-state index in [4.69, 9.17) is 5.10 Å². The van der Waals surface area contributed by atoms with E-state index in [1.165, 1.54) is 18.4 Å². The smallest absolute Gasteiger partial charge is 0.255 e. The van der Waals surface area contributed by atoms with Crippen LogP contribution in [0.25, 0.3) is 16.9 Å². The monoisotopic (exact) mass is 504 g/mol. The Kier molecular flexibility index (Phi) is 6.09. The Balaban J connectivity index is 1.34. The van der Waals surface area contributed by atoms with Crippen molar-refractivity contribution in [3.05, 3.63) is 101 Å². The largest absolute Gasteiger partial charge is 0.392 e. The van der Waals surface area contributed by atoms with Gasteiger partial charge in [-0.25, -0.2) is 14.5 Å². The predicted molar refractivity (Wildman–Crippen MR) is 148 cm³/mol. The highest BCUT2D eigenvalue weighted by Crippen LogP contribution is 2.40. The average molecular weight is 505 g/mol. The van der Waals surface area contributed by atoms with Crippen LogP contribution in [-0.2, 0) is 6.61 Å². The molecule has 3 N–H and O–H groups in total. The Morgan fingerprint density at radius 3 is 2.61 bits per heavy atom. The lowest BCUT2D eigenvalue weighted by molar-refractivity contribution is 0.102. The molecule has 0 bridgehead atoms. The van der Waals surface area contributed by atoms with Crippen molar-refractivity contribution in [2.75, 3.05) is 10.6 Å². The zero-order chi connectivity index (χ0) is 26.2. The first-order chi connectivity index (χ1) is 18.5. The number of hydrogen-bond donors (Lipinski definition) is 3. The van der Waals surface area contributed by atoms with Crippen molar-refractivity contribution in [3.8, 4) is 11.3 Å². The molecule has 6 rings (SSSR count). The average Bonchev–Trinajstić information content (AvgIpc) is 3.64. The highest BCUT2D eigenvalue weighted by molar-refractivity contribution is 6.05. The minimum Gasteiger partial charge on any atom is -0.392 e. The van der Waals surface area contributed by atoms with Crippen LogP contribution < -0.4 is 10.6 Å². The van der Waals surface area contributed by atoms with Crippen molar-refractivity contribution in [1.29, 1.82) is 0 Å². The van der Waals surface area contributed by atoms with Crippen molar-refractivity contribution in [1.82, 2.24) is 19.6 Å². The molecule has 0 aliphatic heterocycles. The van der Waals surface area contributed by atoms with Crippen molar-refractivity contribution >= 4 is 28.7 Å². The normalized spacial score (nSPS) is 13.0. The molecule has 5 aromatic rings. The first kappa shape index (κ1) is 23.8. The number of hydrogen-bond acceptors (Lipinski definition) is 6. The molecule has 1 aliphatic rings. The SMILES string of the molecule is Cc1cc(C)nc(Nc2cc(-c3cccc(NC(=O)c4ccc(C5CC5)cc4)c3CO)nn3ccnc23)c1. The van der Waals surface area contributed by atoms with Crippen LogP contribution >= 0.6 is 0 Å². The van der Waals surface area contributed by atoms with Crippen LogP contribution in [0.5, 0.6) is 0 Å². The predicted octanol–water partition coefficient (Wildman–Crippen LogP) is 5.77. The minimum atomic E-state index is -0.266. The lowest BCUT2D eigenvalue weighted by atomic mass is 10.0. The van der Waals surface area contributed by atoms with E-state index in [0.717, 1.165) is 16.9 Å². The van der Waals surface area contributed by atoms with Gasteiger partial charge in [-0.1, -0.05) is 24.3 Å². The van der Waals surface area contributed by atoms with Crippen LogP contribution in [0.15, 0.2) is 73.1 Å². The fraction of sp³-hybridized carbons (Fsp3) is 0.200. The van der Waals surface area contributed by atoms with Crippen LogP contribution in [0.2, 0.25) is 0 Å². The van der Waals surface area contributed by atoms with E-state index in [0.29, 0.717) is 45.5 Å². The topological polar surface area (TPSA) is 104 Å². The lowest BCUT2D eigenvalue weighted by Gasteiger charge is -2.15. The highest BCUT2D eigenvalue weighted by Gasteiger charge is 2.23. The number of imidazole rings is 1. The molecular weight excluding hydrogens is 476 g/mol. The second-order valence-corrected chi connectivity index (χ2v) is 9.77. The number of anilines is 3. The Morgan fingerprint density at radius 1 is 1.05 bits per heavy atom. The summed E-state index contributed by atoms with van der Waals surface area (Å²) in [5, 5.41) is 21.5. The van der Waals surface area contributed by atoms with Gasteiger partial charge < -0.3 is 15.7 Å². The number of pyridine rings is 1. The van der Waals surface area contributed by atoms with Gasteiger partial charge in [0.25, 0.3) is 5.91 Å². The number of aliphatic hydroxyl groups excluding tert-OH is 1. The van der Waals surface area contributed by atoms with E-state index >= 15 is 0 Å². The van der Waals surface area contributed by atoms with Crippen LogP contribution in [0.1, 0.15) is 51.5 Å². The summed E-state index contributed by atoms with van der Waals surface area (Å²) in [4.78, 5) is 22.1. The summed E-state index contributed by atoms with van der Waals surface area (Å²) in [6, 6.07) is 19.2. The molecule has 1 amide bonds. The van der Waals surface area contributed by atoms with Gasteiger partial charge in [-0.05, 0) is 80.1 Å². The molecule has 0 spiro atoms. The molecule has 8 heteroatoms. The van der Waals surface area contributed by atoms with Crippen molar-refractivity contribution < 1.29 is 9.90 Å². The first-order valence-electron chi connectivity index (χ1n) is 12.7. The Morgan fingerprint density at radius 2 is 1.87 bits per heavy atom. The van der Waals surface area contributed by atoms with E-state index < -0.39 is 0 Å². The molecule has 2 aromatic carbocycles. The number of fused-ring (bicyclic) bond motifs is 1. The zero-order valence-corrected chi connectivity index (χ0v) is 21.3. The first-order valence-corrected chi connectivity index (χ1v) is 12.7. The zero-order valence-electron chi connectivity index (χ0n) is 21.3. The van der Waals surface area contributed by atoms with Crippen LogP contribution in [0, 0.1) is 13.8 Å². The molecule has 3 heterocycles. The summed E-state index contributed by atoms with van der Waals surface area (Å²) >= 11 is 0. The second-order valence-electron chi connectivity index (χ2n) is 9.77. The fourth-order valence-corrected chi connectivity index (χ4v) is 4.82. The van der Waals surface area contributed by atoms with Gasteiger partial charge in [0.1, 0.15) is 5.82 Å². The van der Waals surface area contributed by atoms with Gasteiger partial charge >= 0.3 is 0 Å². The van der Waals surface area contributed by atoms with E-state index in [2.05, 4.69) is 20.6 Å². The number of aryl methyl sites for hydroxylation is 2. The number of benzene rings is 2. The molecule has 8 nitrogen and oxygen atoms in total. The van der Waals surface area contributed by atoms with E-state index in [1.54, 1.807) is 23.0 Å². The van der Waals surface area contributed by atoms with E-state index in [-0.39, 0.29) is 12.5 Å². The molecular formula is C30H28N6O2. The molecule has 0 radical (unpaired) electrons. The molecule has 190 valence electrons. The molecule has 1 aliphatic carbocycles. The number of nitrogens with one attached hydrogen (secondary N) is 2. The van der Waals surface area contributed by atoms with E-state index in [9.17, 15) is 9.90 Å². The second kappa shape index (κ2) is 9.72. The summed E-state index contributed by atoms with van der Waals surface area (Å²) in [6.45, 7) is 3.71. The third kappa shape index (κ3) is 4.73. The van der Waals surface area contributed by atoms with Gasteiger partial charge in [-0.2, -0.15) is 5.10 Å². The number of rotatable bonds is 7. The van der Waals surface area contributed by atoms with Crippen LogP contribution in [0.4, 0.5) is 17.2 Å². The minimum absolute atomic E-state index is 0.222. The third-order valence-electron chi connectivity index (χ3n) is 6.80. The quantitative estimate of drug-likeness (QED) is 0.260. The van der Waals surface area contributed by atoms with Gasteiger partial charge in [0.05, 0.1) is 18.0 Å². The highest BCUT2D eigenvalue weighted by atomic mass is 16.3. The van der Waals surface area contributed by atoms with Gasteiger partial charge in [-0.15, -0.1) is 0 Å². The van der Waals surface area contributed by atoms with E-state index in [1.807, 2.05) is 68.4 Å². The Labute approximate surface area is 220 Å². The maximum atomic E-state index is 13.0. The van der Waals surface area contributed by atoms with Crippen LogP contribution in [0.3, 0.4) is 0 Å². The van der Waals surface area contributed by atoms with Crippen molar-refractivity contribution in [3.63, 3.8) is 0 Å². The third-order valence-corrected chi connectivity index (χ3v) is 6.80. The molecule has 0 atom stereocenters. The number of amides is 1. The maximum absolute atomic E-state index is 13.0. The van der Waals surface area contributed by atoms with Gasteiger partial charge in [-0.3, -0.25) is 4.79 Å². The molecule has 1 fully saturated rings. The summed E-state index contributed by atoms with van der Waals surface area (Å²) < 4.78 is 1.69. The Hall–Kier alpha value is -4.56. The molecule has 0 saturated heterocycles. The number of nitrogens with zero attached hydrogens (tertiary/aromatic N) is 4. The number of aliphatic hydroxyl groups is 1. The number of aromatic nitrogens is 4. The Bertz CT molecular complexity index is 1630. The molecule has 0 unspecified atom stereocenters. The molecule has 38 heavy (non-hydrogen) atoms.